The fourth-order valence-electron chi connectivity index (χ4n) is 5.03. The van der Waals surface area contributed by atoms with E-state index in [1.807, 2.05) is 6.07 Å². The van der Waals surface area contributed by atoms with E-state index in [9.17, 15) is 12.8 Å². The smallest absolute Gasteiger partial charge is 0.209 e. The predicted octanol–water partition coefficient (Wildman–Crippen LogP) is 3.47. The largest absolute Gasteiger partial charge is 0.493 e. The van der Waals surface area contributed by atoms with Gasteiger partial charge in [-0.05, 0) is 43.6 Å². The van der Waals surface area contributed by atoms with Crippen LogP contribution in [0.4, 0.5) is 10.2 Å². The quantitative estimate of drug-likeness (QED) is 0.627. The van der Waals surface area contributed by atoms with Crippen molar-refractivity contribution in [3.8, 4) is 5.75 Å². The Balaban J connectivity index is 1.44. The molecule has 1 saturated carbocycles. The Kier molecular flexibility index (Phi) is 7.51. The van der Waals surface area contributed by atoms with E-state index in [0.29, 0.717) is 25.5 Å². The third kappa shape index (κ3) is 5.83. The standard InChI is InChI=1S/C24H32FN3O4S/c1-31-22-12-14-26-24(23(22)25)28-15-13-20(27-33(2,29)30)21(28)16-32-19-10-8-18(9-11-19)17-6-4-3-5-7-17/h3-7,12,14,18-21,27H,8-11,13,15-16H2,1-2H3/t18?,19?,20-,21-/m0/s1. The van der Waals surface area contributed by atoms with E-state index in [2.05, 4.69) is 34.0 Å². The van der Waals surface area contributed by atoms with Gasteiger partial charge in [0.25, 0.3) is 0 Å². The van der Waals surface area contributed by atoms with E-state index in [1.54, 1.807) is 4.90 Å². The lowest BCUT2D eigenvalue weighted by atomic mass is 9.83. The molecule has 0 spiro atoms. The highest BCUT2D eigenvalue weighted by atomic mass is 32.2. The van der Waals surface area contributed by atoms with Crippen molar-refractivity contribution in [1.82, 2.24) is 9.71 Å². The van der Waals surface area contributed by atoms with Crippen LogP contribution < -0.4 is 14.4 Å². The van der Waals surface area contributed by atoms with Crippen LogP contribution in [-0.4, -0.2) is 58.1 Å². The third-order valence-corrected chi connectivity index (χ3v) is 7.42. The van der Waals surface area contributed by atoms with E-state index in [-0.39, 0.29) is 29.8 Å². The van der Waals surface area contributed by atoms with Crippen molar-refractivity contribution in [3.05, 3.63) is 54.0 Å². The third-order valence-electron chi connectivity index (χ3n) is 6.69. The predicted molar refractivity (Wildman–Crippen MR) is 126 cm³/mol. The molecule has 1 aliphatic carbocycles. The number of nitrogens with zero attached hydrogens (tertiary/aromatic N) is 2. The van der Waals surface area contributed by atoms with Gasteiger partial charge in [0.15, 0.2) is 11.6 Å². The number of methoxy groups -OCH3 is 1. The number of rotatable bonds is 8. The lowest BCUT2D eigenvalue weighted by Crippen LogP contribution is -2.48. The van der Waals surface area contributed by atoms with Crippen LogP contribution in [0.1, 0.15) is 43.6 Å². The minimum atomic E-state index is -3.42. The van der Waals surface area contributed by atoms with Gasteiger partial charge in [0.2, 0.25) is 15.8 Å². The van der Waals surface area contributed by atoms with Crippen LogP contribution >= 0.6 is 0 Å². The molecule has 1 aromatic heterocycles. The van der Waals surface area contributed by atoms with E-state index in [0.717, 1.165) is 31.9 Å². The van der Waals surface area contributed by atoms with Gasteiger partial charge in [0, 0.05) is 24.8 Å². The van der Waals surface area contributed by atoms with Crippen molar-refractivity contribution in [3.63, 3.8) is 0 Å². The summed E-state index contributed by atoms with van der Waals surface area (Å²) in [5, 5.41) is 0. The highest BCUT2D eigenvalue weighted by molar-refractivity contribution is 7.88. The van der Waals surface area contributed by atoms with E-state index >= 15 is 0 Å². The second-order valence-electron chi connectivity index (χ2n) is 8.91. The molecule has 33 heavy (non-hydrogen) atoms. The van der Waals surface area contributed by atoms with Crippen LogP contribution in [0.5, 0.6) is 5.75 Å². The number of ether oxygens (including phenoxy) is 2. The first-order valence-corrected chi connectivity index (χ1v) is 13.3. The minimum Gasteiger partial charge on any atom is -0.493 e. The Labute approximate surface area is 195 Å². The molecular formula is C24H32FN3O4S. The van der Waals surface area contributed by atoms with Crippen molar-refractivity contribution in [2.24, 2.45) is 0 Å². The van der Waals surface area contributed by atoms with Crippen molar-refractivity contribution in [2.75, 3.05) is 31.4 Å². The Morgan fingerprint density at radius 3 is 2.52 bits per heavy atom. The Morgan fingerprint density at radius 2 is 1.85 bits per heavy atom. The zero-order chi connectivity index (χ0) is 23.4. The average Bonchev–Trinajstić information content (AvgIpc) is 3.19. The second-order valence-corrected chi connectivity index (χ2v) is 10.7. The molecule has 0 bridgehead atoms. The number of benzene rings is 1. The molecule has 1 N–H and O–H groups in total. The topological polar surface area (TPSA) is 80.8 Å². The first-order chi connectivity index (χ1) is 15.9. The molecule has 2 aliphatic rings. The Hall–Kier alpha value is -2.23. The number of sulfonamides is 1. The Morgan fingerprint density at radius 1 is 1.12 bits per heavy atom. The van der Waals surface area contributed by atoms with Crippen LogP contribution in [0.15, 0.2) is 42.6 Å². The van der Waals surface area contributed by atoms with Gasteiger partial charge >= 0.3 is 0 Å². The summed E-state index contributed by atoms with van der Waals surface area (Å²) in [6.07, 6.45) is 7.29. The van der Waals surface area contributed by atoms with Gasteiger partial charge < -0.3 is 14.4 Å². The van der Waals surface area contributed by atoms with E-state index in [4.69, 9.17) is 9.47 Å². The molecule has 0 radical (unpaired) electrons. The van der Waals surface area contributed by atoms with E-state index in [1.165, 1.54) is 24.9 Å². The molecule has 1 aliphatic heterocycles. The summed E-state index contributed by atoms with van der Waals surface area (Å²) in [6, 6.07) is 11.3. The molecule has 9 heteroatoms. The van der Waals surface area contributed by atoms with Crippen LogP contribution in [0.3, 0.4) is 0 Å². The fraction of sp³-hybridized carbons (Fsp3) is 0.542. The zero-order valence-corrected chi connectivity index (χ0v) is 19.9. The van der Waals surface area contributed by atoms with Gasteiger partial charge in [0.05, 0.1) is 32.1 Å². The number of hydrogen-bond donors (Lipinski definition) is 1. The molecular weight excluding hydrogens is 445 g/mol. The lowest BCUT2D eigenvalue weighted by Gasteiger charge is -2.33. The van der Waals surface area contributed by atoms with Gasteiger partial charge in [-0.2, -0.15) is 4.39 Å². The first kappa shape index (κ1) is 23.9. The molecule has 0 unspecified atom stereocenters. The summed E-state index contributed by atoms with van der Waals surface area (Å²) in [4.78, 5) is 6.03. The van der Waals surface area contributed by atoms with Crippen LogP contribution in [0.25, 0.3) is 0 Å². The number of halogens is 1. The summed E-state index contributed by atoms with van der Waals surface area (Å²) in [5.41, 5.74) is 1.37. The number of hydrogen-bond acceptors (Lipinski definition) is 6. The van der Waals surface area contributed by atoms with Gasteiger partial charge in [-0.1, -0.05) is 30.3 Å². The molecule has 0 amide bonds. The second kappa shape index (κ2) is 10.4. The van der Waals surface area contributed by atoms with Crippen LogP contribution in [-0.2, 0) is 14.8 Å². The maximum Gasteiger partial charge on any atom is 0.209 e. The highest BCUT2D eigenvalue weighted by Crippen LogP contribution is 2.35. The Bertz CT molecular complexity index is 1030. The molecule has 2 heterocycles. The van der Waals surface area contributed by atoms with Crippen LogP contribution in [0.2, 0.25) is 0 Å². The first-order valence-electron chi connectivity index (χ1n) is 11.4. The van der Waals surface area contributed by atoms with Crippen LogP contribution in [0, 0.1) is 5.82 Å². The highest BCUT2D eigenvalue weighted by Gasteiger charge is 2.39. The molecule has 7 nitrogen and oxygen atoms in total. The number of pyridine rings is 1. The lowest BCUT2D eigenvalue weighted by molar-refractivity contribution is 0.0155. The SMILES string of the molecule is COc1ccnc(N2CC[C@H](NS(C)(=O)=O)[C@@H]2COC2CCC(c3ccccc3)CC2)c1F. The molecule has 2 fully saturated rings. The zero-order valence-electron chi connectivity index (χ0n) is 19.1. The van der Waals surface area contributed by atoms with Gasteiger partial charge in [-0.3, -0.25) is 0 Å². The normalized spacial score (nSPS) is 25.8. The molecule has 1 saturated heterocycles. The van der Waals surface area contributed by atoms with Gasteiger partial charge in [-0.25, -0.2) is 18.1 Å². The number of anilines is 1. The van der Waals surface area contributed by atoms with Crippen molar-refractivity contribution in [1.29, 1.82) is 0 Å². The molecule has 4 rings (SSSR count). The maximum absolute atomic E-state index is 15.0. The summed E-state index contributed by atoms with van der Waals surface area (Å²) < 4.78 is 52.9. The molecule has 180 valence electrons. The molecule has 2 atom stereocenters. The van der Waals surface area contributed by atoms with Crippen molar-refractivity contribution in [2.45, 2.75) is 56.2 Å². The summed E-state index contributed by atoms with van der Waals surface area (Å²) in [6.45, 7) is 0.769. The van der Waals surface area contributed by atoms with Crippen molar-refractivity contribution >= 4 is 15.8 Å². The average molecular weight is 478 g/mol. The number of nitrogens with one attached hydrogen (secondary N) is 1. The fourth-order valence-corrected chi connectivity index (χ4v) is 5.86. The number of aromatic nitrogens is 1. The van der Waals surface area contributed by atoms with Gasteiger partial charge in [-0.15, -0.1) is 0 Å². The summed E-state index contributed by atoms with van der Waals surface area (Å²) in [5.74, 6) is 0.268. The maximum atomic E-state index is 15.0. The van der Waals surface area contributed by atoms with Crippen molar-refractivity contribution < 1.29 is 22.3 Å². The minimum absolute atomic E-state index is 0.106. The molecule has 2 aromatic rings. The monoisotopic (exact) mass is 477 g/mol. The van der Waals surface area contributed by atoms with Gasteiger partial charge in [0.1, 0.15) is 0 Å². The summed E-state index contributed by atoms with van der Waals surface area (Å²) in [7, 11) is -2.01. The van der Waals surface area contributed by atoms with E-state index < -0.39 is 15.8 Å². The molecule has 1 aromatic carbocycles. The summed E-state index contributed by atoms with van der Waals surface area (Å²) >= 11 is 0.